The van der Waals surface area contributed by atoms with Crippen molar-refractivity contribution in [2.75, 3.05) is 18.7 Å². The number of fused-ring (bicyclic) bond motifs is 1. The zero-order valence-electron chi connectivity index (χ0n) is 15.9. The van der Waals surface area contributed by atoms with Crippen LogP contribution in [0, 0.1) is 0 Å². The van der Waals surface area contributed by atoms with Gasteiger partial charge < -0.3 is 24.8 Å². The van der Waals surface area contributed by atoms with Crippen LogP contribution in [0.1, 0.15) is 11.1 Å². The van der Waals surface area contributed by atoms with Gasteiger partial charge in [0.2, 0.25) is 6.79 Å². The zero-order chi connectivity index (χ0) is 19.9. The van der Waals surface area contributed by atoms with Gasteiger partial charge in [0, 0.05) is 12.2 Å². The molecule has 0 unspecified atom stereocenters. The molecule has 2 N–H and O–H groups in total. The molecule has 29 heavy (non-hydrogen) atoms. The third kappa shape index (κ3) is 5.19. The Morgan fingerprint density at radius 3 is 2.52 bits per heavy atom. The Kier molecular flexibility index (Phi) is 5.81. The molecule has 0 bridgehead atoms. The van der Waals surface area contributed by atoms with Crippen molar-refractivity contribution in [2.24, 2.45) is 0 Å². The van der Waals surface area contributed by atoms with E-state index in [9.17, 15) is 4.79 Å². The zero-order valence-corrected chi connectivity index (χ0v) is 15.9. The predicted octanol–water partition coefficient (Wildman–Crippen LogP) is 4.36. The molecule has 0 atom stereocenters. The van der Waals surface area contributed by atoms with Crippen LogP contribution >= 0.6 is 0 Å². The molecule has 1 aliphatic heterocycles. The number of benzene rings is 3. The molecule has 1 heterocycles. The van der Waals surface area contributed by atoms with Gasteiger partial charge in [-0.2, -0.15) is 0 Å². The van der Waals surface area contributed by atoms with E-state index in [1.165, 1.54) is 0 Å². The van der Waals surface area contributed by atoms with Gasteiger partial charge in [-0.3, -0.25) is 0 Å². The first-order chi connectivity index (χ1) is 14.3. The second-order valence-electron chi connectivity index (χ2n) is 6.62. The number of urea groups is 1. The number of rotatable bonds is 7. The van der Waals surface area contributed by atoms with Gasteiger partial charge in [-0.1, -0.05) is 36.4 Å². The van der Waals surface area contributed by atoms with Gasteiger partial charge >= 0.3 is 6.03 Å². The van der Waals surface area contributed by atoms with E-state index in [2.05, 4.69) is 10.6 Å². The maximum atomic E-state index is 12.1. The minimum Gasteiger partial charge on any atom is -0.489 e. The molecule has 0 saturated carbocycles. The Morgan fingerprint density at radius 1 is 0.897 bits per heavy atom. The van der Waals surface area contributed by atoms with Crippen molar-refractivity contribution in [3.05, 3.63) is 83.9 Å². The first kappa shape index (κ1) is 18.7. The summed E-state index contributed by atoms with van der Waals surface area (Å²) in [6.45, 7) is 1.28. The van der Waals surface area contributed by atoms with Crippen molar-refractivity contribution in [3.63, 3.8) is 0 Å². The van der Waals surface area contributed by atoms with Crippen molar-refractivity contribution in [3.8, 4) is 17.2 Å². The number of carbonyl (C=O) groups excluding carboxylic acids is 1. The quantitative estimate of drug-likeness (QED) is 0.629. The van der Waals surface area contributed by atoms with Crippen molar-refractivity contribution >= 4 is 11.7 Å². The third-order valence-electron chi connectivity index (χ3n) is 4.50. The molecule has 0 aliphatic carbocycles. The van der Waals surface area contributed by atoms with Crippen LogP contribution < -0.4 is 24.8 Å². The summed E-state index contributed by atoms with van der Waals surface area (Å²) in [6.07, 6.45) is 0.705. The van der Waals surface area contributed by atoms with Gasteiger partial charge in [-0.15, -0.1) is 0 Å². The molecule has 1 aliphatic rings. The minimum absolute atomic E-state index is 0.247. The van der Waals surface area contributed by atoms with Crippen LogP contribution in [-0.4, -0.2) is 19.4 Å². The predicted molar refractivity (Wildman–Crippen MR) is 111 cm³/mol. The summed E-state index contributed by atoms with van der Waals surface area (Å²) in [5, 5.41) is 5.68. The Hall–Kier alpha value is -3.67. The second-order valence-corrected chi connectivity index (χ2v) is 6.62. The number of hydrogen-bond acceptors (Lipinski definition) is 4. The number of nitrogens with one attached hydrogen (secondary N) is 2. The highest BCUT2D eigenvalue weighted by Gasteiger charge is 2.13. The Labute approximate surface area is 169 Å². The van der Waals surface area contributed by atoms with Crippen LogP contribution in [0.3, 0.4) is 0 Å². The highest BCUT2D eigenvalue weighted by Crippen LogP contribution is 2.32. The topological polar surface area (TPSA) is 68.8 Å². The lowest BCUT2D eigenvalue weighted by Crippen LogP contribution is -2.30. The minimum atomic E-state index is -0.247. The largest absolute Gasteiger partial charge is 0.489 e. The molecule has 3 aromatic rings. The maximum absolute atomic E-state index is 12.1. The molecule has 0 saturated heterocycles. The van der Waals surface area contributed by atoms with E-state index in [1.54, 1.807) is 0 Å². The fraction of sp³-hybridized carbons (Fsp3) is 0.174. The molecule has 3 aromatic carbocycles. The number of anilines is 1. The fourth-order valence-corrected chi connectivity index (χ4v) is 2.97. The second kappa shape index (κ2) is 9.01. The van der Waals surface area contributed by atoms with Gasteiger partial charge in [0.15, 0.2) is 11.5 Å². The highest BCUT2D eigenvalue weighted by atomic mass is 16.7. The third-order valence-corrected chi connectivity index (χ3v) is 4.50. The van der Waals surface area contributed by atoms with Crippen LogP contribution in [0.25, 0.3) is 0 Å². The summed E-state index contributed by atoms with van der Waals surface area (Å²) < 4.78 is 16.4. The Balaban J connectivity index is 1.20. The molecule has 6 nitrogen and oxygen atoms in total. The summed E-state index contributed by atoms with van der Waals surface area (Å²) in [4.78, 5) is 12.1. The lowest BCUT2D eigenvalue weighted by Gasteiger charge is -2.10. The molecule has 0 radical (unpaired) electrons. The van der Waals surface area contributed by atoms with Crippen molar-refractivity contribution in [2.45, 2.75) is 13.0 Å². The van der Waals surface area contributed by atoms with Gasteiger partial charge in [0.25, 0.3) is 0 Å². The monoisotopic (exact) mass is 390 g/mol. The van der Waals surface area contributed by atoms with E-state index in [-0.39, 0.29) is 12.8 Å². The van der Waals surface area contributed by atoms with Gasteiger partial charge in [-0.05, 0) is 53.9 Å². The molecule has 0 spiro atoms. The average Bonchev–Trinajstić information content (AvgIpc) is 3.22. The molecule has 4 rings (SSSR count). The van der Waals surface area contributed by atoms with E-state index in [0.29, 0.717) is 25.3 Å². The van der Waals surface area contributed by atoms with Crippen LogP contribution in [-0.2, 0) is 13.0 Å². The van der Waals surface area contributed by atoms with Gasteiger partial charge in [0.1, 0.15) is 12.4 Å². The number of hydrogen-bond donors (Lipinski definition) is 2. The summed E-state index contributed by atoms with van der Waals surface area (Å²) in [5.41, 5.74) is 2.89. The van der Waals surface area contributed by atoms with Crippen molar-refractivity contribution < 1.29 is 19.0 Å². The van der Waals surface area contributed by atoms with Crippen molar-refractivity contribution in [1.29, 1.82) is 0 Å². The molecular formula is C23H22N2O4. The van der Waals surface area contributed by atoms with E-state index in [0.717, 1.165) is 28.4 Å². The van der Waals surface area contributed by atoms with E-state index < -0.39 is 0 Å². The van der Waals surface area contributed by atoms with Crippen LogP contribution in [0.4, 0.5) is 10.5 Å². The standard InChI is InChI=1S/C23H22N2O4/c26-23(24-13-12-17-6-11-21-22(14-17)29-16-28-21)25-19-7-9-20(10-8-19)27-15-18-4-2-1-3-5-18/h1-11,14H,12-13,15-16H2,(H2,24,25,26). The molecule has 148 valence electrons. The fourth-order valence-electron chi connectivity index (χ4n) is 2.97. The lowest BCUT2D eigenvalue weighted by atomic mass is 10.1. The normalized spacial score (nSPS) is 11.7. The SMILES string of the molecule is O=C(NCCc1ccc2c(c1)OCO2)Nc1ccc(OCc2ccccc2)cc1. The van der Waals surface area contributed by atoms with Gasteiger partial charge in [0.05, 0.1) is 0 Å². The van der Waals surface area contributed by atoms with Gasteiger partial charge in [-0.25, -0.2) is 4.79 Å². The molecule has 0 aromatic heterocycles. The summed E-state index contributed by atoms with van der Waals surface area (Å²) in [6, 6.07) is 22.8. The molecule has 0 fully saturated rings. The summed E-state index contributed by atoms with van der Waals surface area (Å²) >= 11 is 0. The Bertz CT molecular complexity index is 958. The van der Waals surface area contributed by atoms with E-state index in [1.807, 2.05) is 72.8 Å². The average molecular weight is 390 g/mol. The summed E-state index contributed by atoms with van der Waals surface area (Å²) in [7, 11) is 0. The Morgan fingerprint density at radius 2 is 1.69 bits per heavy atom. The summed E-state index contributed by atoms with van der Waals surface area (Å²) in [5.74, 6) is 2.26. The van der Waals surface area contributed by atoms with E-state index >= 15 is 0 Å². The molecule has 2 amide bonds. The number of ether oxygens (including phenoxy) is 3. The highest BCUT2D eigenvalue weighted by molar-refractivity contribution is 5.89. The smallest absolute Gasteiger partial charge is 0.319 e. The van der Waals surface area contributed by atoms with Crippen LogP contribution in [0.15, 0.2) is 72.8 Å². The van der Waals surface area contributed by atoms with Crippen LogP contribution in [0.2, 0.25) is 0 Å². The molecular weight excluding hydrogens is 368 g/mol. The lowest BCUT2D eigenvalue weighted by molar-refractivity contribution is 0.174. The first-order valence-corrected chi connectivity index (χ1v) is 9.46. The first-order valence-electron chi connectivity index (χ1n) is 9.46. The van der Waals surface area contributed by atoms with Crippen molar-refractivity contribution in [1.82, 2.24) is 5.32 Å². The van der Waals surface area contributed by atoms with Crippen LogP contribution in [0.5, 0.6) is 17.2 Å². The maximum Gasteiger partial charge on any atom is 0.319 e. The molecule has 6 heteroatoms. The number of carbonyl (C=O) groups is 1. The number of amides is 2. The van der Waals surface area contributed by atoms with E-state index in [4.69, 9.17) is 14.2 Å².